The van der Waals surface area contributed by atoms with Crippen LogP contribution in [0.4, 0.5) is 0 Å². The lowest BCUT2D eigenvalue weighted by Crippen LogP contribution is -2.29. The molecule has 1 atom stereocenters. The molecule has 1 rings (SSSR count). The monoisotopic (exact) mass is 308 g/mol. The predicted molar refractivity (Wildman–Crippen MR) is 84.4 cm³/mol. The molecule has 1 aromatic carbocycles. The maximum atomic E-state index is 12.4. The number of sulfonamides is 1. The average molecular weight is 308 g/mol. The molecule has 0 bridgehead atoms. The van der Waals surface area contributed by atoms with Gasteiger partial charge in [0.25, 0.3) is 0 Å². The van der Waals surface area contributed by atoms with Crippen LogP contribution in [0.15, 0.2) is 23.1 Å². The summed E-state index contributed by atoms with van der Waals surface area (Å²) in [5.41, 5.74) is 1.02. The van der Waals surface area contributed by atoms with Crippen LogP contribution in [0.5, 0.6) is 0 Å². The number of unbranched alkanes of at least 4 members (excludes halogenated alkanes) is 1. The summed E-state index contributed by atoms with van der Waals surface area (Å²) in [6.45, 7) is 6.41. The number of benzene rings is 1. The van der Waals surface area contributed by atoms with Gasteiger partial charge in [-0.2, -0.15) is 5.26 Å². The second kappa shape index (κ2) is 8.16. The summed E-state index contributed by atoms with van der Waals surface area (Å²) in [5.74, 6) is 0.360. The van der Waals surface area contributed by atoms with E-state index in [4.69, 9.17) is 5.26 Å². The molecule has 21 heavy (non-hydrogen) atoms. The number of hydrogen-bond acceptors (Lipinski definition) is 3. The lowest BCUT2D eigenvalue weighted by atomic mass is 10.00. The first-order valence-electron chi connectivity index (χ1n) is 7.45. The molecule has 1 N–H and O–H groups in total. The molecular weight excluding hydrogens is 284 g/mol. The van der Waals surface area contributed by atoms with E-state index in [1.807, 2.05) is 6.07 Å². The first-order valence-corrected chi connectivity index (χ1v) is 8.93. The van der Waals surface area contributed by atoms with E-state index >= 15 is 0 Å². The number of nitrogens with one attached hydrogen (secondary N) is 1. The van der Waals surface area contributed by atoms with Crippen molar-refractivity contribution in [3.05, 3.63) is 29.3 Å². The third-order valence-electron chi connectivity index (χ3n) is 3.71. The molecule has 1 aromatic rings. The summed E-state index contributed by atoms with van der Waals surface area (Å²) >= 11 is 0. The molecule has 0 aromatic heterocycles. The highest BCUT2D eigenvalue weighted by molar-refractivity contribution is 7.89. The van der Waals surface area contributed by atoms with Crippen LogP contribution in [0, 0.1) is 24.2 Å². The molecule has 0 spiro atoms. The highest BCUT2D eigenvalue weighted by Gasteiger charge is 2.18. The third-order valence-corrected chi connectivity index (χ3v) is 5.28. The van der Waals surface area contributed by atoms with E-state index in [0.29, 0.717) is 23.6 Å². The first kappa shape index (κ1) is 17.7. The van der Waals surface area contributed by atoms with Crippen LogP contribution in [-0.4, -0.2) is 15.0 Å². The summed E-state index contributed by atoms with van der Waals surface area (Å²) in [7, 11) is -3.55. The molecule has 0 aliphatic heterocycles. The van der Waals surface area contributed by atoms with Crippen LogP contribution in [-0.2, 0) is 10.0 Å². The predicted octanol–water partition coefficient (Wildman–Crippen LogP) is 3.36. The lowest BCUT2D eigenvalue weighted by molar-refractivity contribution is 0.443. The van der Waals surface area contributed by atoms with Gasteiger partial charge >= 0.3 is 0 Å². The molecule has 5 heteroatoms. The number of nitriles is 1. The molecule has 0 aliphatic carbocycles. The van der Waals surface area contributed by atoms with E-state index in [1.54, 1.807) is 19.1 Å². The van der Waals surface area contributed by atoms with Crippen molar-refractivity contribution in [2.75, 3.05) is 6.54 Å². The zero-order valence-electron chi connectivity index (χ0n) is 13.0. The minimum atomic E-state index is -3.55. The summed E-state index contributed by atoms with van der Waals surface area (Å²) in [6, 6.07) is 6.71. The van der Waals surface area contributed by atoms with Gasteiger partial charge in [0.05, 0.1) is 16.5 Å². The van der Waals surface area contributed by atoms with E-state index in [2.05, 4.69) is 18.6 Å². The minimum absolute atomic E-state index is 0.201. The van der Waals surface area contributed by atoms with Crippen molar-refractivity contribution in [1.82, 2.24) is 4.72 Å². The van der Waals surface area contributed by atoms with Crippen LogP contribution < -0.4 is 4.72 Å². The van der Waals surface area contributed by atoms with Gasteiger partial charge in [0.2, 0.25) is 10.0 Å². The normalized spacial score (nSPS) is 12.9. The molecule has 0 heterocycles. The minimum Gasteiger partial charge on any atom is -0.211 e. The van der Waals surface area contributed by atoms with Crippen molar-refractivity contribution in [3.63, 3.8) is 0 Å². The Kier molecular flexibility index (Phi) is 6.86. The van der Waals surface area contributed by atoms with Gasteiger partial charge in [-0.3, -0.25) is 0 Å². The molecule has 1 unspecified atom stereocenters. The van der Waals surface area contributed by atoms with E-state index in [1.165, 1.54) is 6.07 Å². The van der Waals surface area contributed by atoms with E-state index in [-0.39, 0.29) is 4.90 Å². The summed E-state index contributed by atoms with van der Waals surface area (Å²) in [4.78, 5) is 0.201. The Labute approximate surface area is 128 Å². The Morgan fingerprint density at radius 1 is 1.33 bits per heavy atom. The van der Waals surface area contributed by atoms with Crippen molar-refractivity contribution in [2.45, 2.75) is 51.3 Å². The fourth-order valence-electron chi connectivity index (χ4n) is 2.21. The van der Waals surface area contributed by atoms with E-state index in [0.717, 1.165) is 25.7 Å². The Bertz CT molecular complexity index is 603. The smallest absolute Gasteiger partial charge is 0.211 e. The fraction of sp³-hybridized carbons (Fsp3) is 0.562. The topological polar surface area (TPSA) is 70.0 Å². The van der Waals surface area contributed by atoms with Crippen LogP contribution in [0.2, 0.25) is 0 Å². The van der Waals surface area contributed by atoms with Crippen LogP contribution in [0.25, 0.3) is 0 Å². The summed E-state index contributed by atoms with van der Waals surface area (Å²) < 4.78 is 27.5. The molecule has 116 valence electrons. The largest absolute Gasteiger partial charge is 0.240 e. The highest BCUT2D eigenvalue weighted by atomic mass is 32.2. The van der Waals surface area contributed by atoms with E-state index < -0.39 is 10.0 Å². The van der Waals surface area contributed by atoms with Crippen molar-refractivity contribution < 1.29 is 8.42 Å². The van der Waals surface area contributed by atoms with Crippen LogP contribution in [0.1, 0.15) is 50.7 Å². The van der Waals surface area contributed by atoms with Gasteiger partial charge in [0.15, 0.2) is 0 Å². The zero-order valence-corrected chi connectivity index (χ0v) is 13.8. The van der Waals surface area contributed by atoms with Crippen molar-refractivity contribution >= 4 is 10.0 Å². The second-order valence-corrected chi connectivity index (χ2v) is 7.10. The zero-order chi connectivity index (χ0) is 15.9. The van der Waals surface area contributed by atoms with Gasteiger partial charge in [-0.15, -0.1) is 0 Å². The van der Waals surface area contributed by atoms with Crippen LogP contribution >= 0.6 is 0 Å². The van der Waals surface area contributed by atoms with Crippen LogP contribution in [0.3, 0.4) is 0 Å². The van der Waals surface area contributed by atoms with E-state index in [9.17, 15) is 8.42 Å². The standard InChI is InChI=1S/C16H24N2O2S/c1-4-6-7-14(5-2)12-18-21(19,20)16-10-15(11-17)9-8-13(16)3/h8-10,14,18H,4-7,12H2,1-3H3. The van der Waals surface area contributed by atoms with Gasteiger partial charge in [0.1, 0.15) is 0 Å². The maximum absolute atomic E-state index is 12.4. The molecule has 0 saturated carbocycles. The Hall–Kier alpha value is -1.38. The Morgan fingerprint density at radius 3 is 2.62 bits per heavy atom. The fourth-order valence-corrected chi connectivity index (χ4v) is 3.59. The lowest BCUT2D eigenvalue weighted by Gasteiger charge is -2.16. The molecule has 0 radical (unpaired) electrons. The van der Waals surface area contributed by atoms with Gasteiger partial charge < -0.3 is 0 Å². The summed E-state index contributed by atoms with van der Waals surface area (Å²) in [6.07, 6.45) is 4.22. The van der Waals surface area contributed by atoms with Gasteiger partial charge in [-0.25, -0.2) is 13.1 Å². The SMILES string of the molecule is CCCCC(CC)CNS(=O)(=O)c1cc(C#N)ccc1C. The Balaban J connectivity index is 2.84. The first-order chi connectivity index (χ1) is 9.94. The van der Waals surface area contributed by atoms with Gasteiger partial charge in [-0.1, -0.05) is 39.2 Å². The Morgan fingerprint density at radius 2 is 2.05 bits per heavy atom. The highest BCUT2D eigenvalue weighted by Crippen LogP contribution is 2.18. The number of aryl methyl sites for hydroxylation is 1. The number of rotatable bonds is 8. The number of nitrogens with zero attached hydrogens (tertiary/aromatic N) is 1. The molecule has 4 nitrogen and oxygen atoms in total. The summed E-state index contributed by atoms with van der Waals surface area (Å²) in [5, 5.41) is 8.91. The molecule has 0 amide bonds. The van der Waals surface area contributed by atoms with Gasteiger partial charge in [-0.05, 0) is 37.0 Å². The molecule has 0 aliphatic rings. The molecule has 0 saturated heterocycles. The second-order valence-electron chi connectivity index (χ2n) is 5.36. The van der Waals surface area contributed by atoms with Crippen molar-refractivity contribution in [1.29, 1.82) is 5.26 Å². The number of hydrogen-bond donors (Lipinski definition) is 1. The van der Waals surface area contributed by atoms with Crippen molar-refractivity contribution in [3.8, 4) is 6.07 Å². The quantitative estimate of drug-likeness (QED) is 0.800. The van der Waals surface area contributed by atoms with Crippen molar-refractivity contribution in [2.24, 2.45) is 5.92 Å². The van der Waals surface area contributed by atoms with Gasteiger partial charge in [0, 0.05) is 6.54 Å². The maximum Gasteiger partial charge on any atom is 0.240 e. The third kappa shape index (κ3) is 5.14. The average Bonchev–Trinajstić information content (AvgIpc) is 2.47. The molecule has 0 fully saturated rings. The molecular formula is C16H24N2O2S.